The number of sulfonamides is 1. The first-order valence-corrected chi connectivity index (χ1v) is 13.8. The van der Waals surface area contributed by atoms with Crippen LogP contribution >= 0.6 is 0 Å². The first-order chi connectivity index (χ1) is 16.0. The molecule has 180 valence electrons. The minimum absolute atomic E-state index is 0.0246. The fourth-order valence-electron chi connectivity index (χ4n) is 3.66. The number of carbonyl (C=O) groups excluding carboxylic acids is 1. The molecule has 1 aliphatic heterocycles. The van der Waals surface area contributed by atoms with Crippen molar-refractivity contribution in [2.75, 3.05) is 32.4 Å². The molecule has 1 aromatic heterocycles. The van der Waals surface area contributed by atoms with Gasteiger partial charge in [-0.05, 0) is 29.8 Å². The van der Waals surface area contributed by atoms with Crippen LogP contribution in [0.2, 0.25) is 0 Å². The third kappa shape index (κ3) is 5.18. The lowest BCUT2D eigenvalue weighted by Crippen LogP contribution is -2.50. The minimum atomic E-state index is -3.78. The Labute approximate surface area is 198 Å². The van der Waals surface area contributed by atoms with Gasteiger partial charge in [-0.25, -0.2) is 16.8 Å². The van der Waals surface area contributed by atoms with E-state index < -0.39 is 19.9 Å². The van der Waals surface area contributed by atoms with Crippen LogP contribution in [0.5, 0.6) is 0 Å². The van der Waals surface area contributed by atoms with E-state index in [2.05, 4.69) is 10.1 Å². The SMILES string of the molecule is Cc1nc(-c2ccc(CC(=O)N3CCN(S(=O)(=O)c4ccc(S(C)(=O)=O)cc4)CC3)cc2)no1. The largest absolute Gasteiger partial charge is 0.340 e. The van der Waals surface area contributed by atoms with Crippen molar-refractivity contribution in [1.82, 2.24) is 19.3 Å². The molecule has 0 atom stereocenters. The monoisotopic (exact) mass is 504 g/mol. The van der Waals surface area contributed by atoms with Crippen molar-refractivity contribution in [3.05, 3.63) is 60.0 Å². The number of piperazine rings is 1. The van der Waals surface area contributed by atoms with Crippen molar-refractivity contribution >= 4 is 25.8 Å². The summed E-state index contributed by atoms with van der Waals surface area (Å²) >= 11 is 0. The van der Waals surface area contributed by atoms with Gasteiger partial charge in [0.15, 0.2) is 9.84 Å². The summed E-state index contributed by atoms with van der Waals surface area (Å²) in [4.78, 5) is 18.7. The lowest BCUT2D eigenvalue weighted by molar-refractivity contribution is -0.131. The maximum atomic E-state index is 12.9. The van der Waals surface area contributed by atoms with E-state index in [4.69, 9.17) is 4.52 Å². The Bertz CT molecular complexity index is 1390. The van der Waals surface area contributed by atoms with E-state index in [1.54, 1.807) is 11.8 Å². The average molecular weight is 505 g/mol. The molecule has 0 aliphatic carbocycles. The minimum Gasteiger partial charge on any atom is -0.340 e. The molecule has 10 nitrogen and oxygen atoms in total. The van der Waals surface area contributed by atoms with Crippen LogP contribution < -0.4 is 0 Å². The lowest BCUT2D eigenvalue weighted by Gasteiger charge is -2.34. The summed E-state index contributed by atoms with van der Waals surface area (Å²) in [5.41, 5.74) is 1.62. The molecule has 3 aromatic rings. The summed E-state index contributed by atoms with van der Waals surface area (Å²) in [5, 5.41) is 3.87. The van der Waals surface area contributed by atoms with E-state index >= 15 is 0 Å². The highest BCUT2D eigenvalue weighted by Crippen LogP contribution is 2.21. The molecule has 0 bridgehead atoms. The van der Waals surface area contributed by atoms with E-state index in [0.29, 0.717) is 11.7 Å². The van der Waals surface area contributed by atoms with E-state index in [9.17, 15) is 21.6 Å². The fourth-order valence-corrected chi connectivity index (χ4v) is 5.71. The van der Waals surface area contributed by atoms with Gasteiger partial charge in [-0.3, -0.25) is 4.79 Å². The molecule has 0 spiro atoms. The summed E-state index contributed by atoms with van der Waals surface area (Å²) in [6, 6.07) is 12.5. The van der Waals surface area contributed by atoms with Crippen LogP contribution in [-0.2, 0) is 31.1 Å². The van der Waals surface area contributed by atoms with Crippen LogP contribution in [0.4, 0.5) is 0 Å². The Morgan fingerprint density at radius 2 is 1.50 bits per heavy atom. The molecule has 2 heterocycles. The predicted molar refractivity (Wildman–Crippen MR) is 123 cm³/mol. The number of aromatic nitrogens is 2. The highest BCUT2D eigenvalue weighted by atomic mass is 32.2. The van der Waals surface area contributed by atoms with Crippen LogP contribution in [0, 0.1) is 6.92 Å². The van der Waals surface area contributed by atoms with Crippen molar-refractivity contribution < 1.29 is 26.2 Å². The molecule has 1 saturated heterocycles. The first kappa shape index (κ1) is 24.0. The fraction of sp³-hybridized carbons (Fsp3) is 0.318. The van der Waals surface area contributed by atoms with E-state index in [-0.39, 0.29) is 48.3 Å². The zero-order valence-corrected chi connectivity index (χ0v) is 20.3. The first-order valence-electron chi connectivity index (χ1n) is 10.5. The number of benzene rings is 2. The zero-order valence-electron chi connectivity index (χ0n) is 18.7. The highest BCUT2D eigenvalue weighted by molar-refractivity contribution is 7.90. The van der Waals surface area contributed by atoms with Crippen LogP contribution in [-0.4, -0.2) is 74.5 Å². The Kier molecular flexibility index (Phi) is 6.56. The topological polar surface area (TPSA) is 131 Å². The molecule has 0 radical (unpaired) electrons. The molecular formula is C22H24N4O6S2. The van der Waals surface area contributed by atoms with Crippen molar-refractivity contribution in [3.63, 3.8) is 0 Å². The Hall–Kier alpha value is -3.09. The number of amides is 1. The smallest absolute Gasteiger partial charge is 0.243 e. The second-order valence-corrected chi connectivity index (χ2v) is 12.0. The van der Waals surface area contributed by atoms with Gasteiger partial charge >= 0.3 is 0 Å². The number of carbonyl (C=O) groups is 1. The summed E-state index contributed by atoms with van der Waals surface area (Å²) in [6.45, 7) is 2.60. The van der Waals surface area contributed by atoms with Crippen molar-refractivity contribution in [2.45, 2.75) is 23.1 Å². The van der Waals surface area contributed by atoms with Crippen molar-refractivity contribution in [2.24, 2.45) is 0 Å². The summed E-state index contributed by atoms with van der Waals surface area (Å²) in [7, 11) is -7.19. The van der Waals surface area contributed by atoms with Gasteiger partial charge < -0.3 is 9.42 Å². The molecule has 4 rings (SSSR count). The zero-order chi connectivity index (χ0) is 24.5. The second-order valence-electron chi connectivity index (χ2n) is 8.04. The van der Waals surface area contributed by atoms with Crippen LogP contribution in [0.3, 0.4) is 0 Å². The standard InChI is InChI=1S/C22H24N4O6S2/c1-16-23-22(24-32-16)18-5-3-17(4-6-18)15-21(27)25-11-13-26(14-12-25)34(30,31)20-9-7-19(8-10-20)33(2,28)29/h3-10H,11-15H2,1-2H3. The number of aryl methyl sites for hydroxylation is 1. The summed E-state index contributed by atoms with van der Waals surface area (Å²) < 4.78 is 55.3. The molecule has 1 fully saturated rings. The van der Waals surface area contributed by atoms with Crippen LogP contribution in [0.25, 0.3) is 11.4 Å². The summed E-state index contributed by atoms with van der Waals surface area (Å²) in [6.07, 6.45) is 1.26. The number of rotatable bonds is 6. The normalized spacial score (nSPS) is 15.4. The van der Waals surface area contributed by atoms with Gasteiger partial charge in [-0.1, -0.05) is 29.4 Å². The van der Waals surface area contributed by atoms with E-state index in [1.165, 1.54) is 28.6 Å². The van der Waals surface area contributed by atoms with Crippen molar-refractivity contribution in [1.29, 1.82) is 0 Å². The lowest BCUT2D eigenvalue weighted by atomic mass is 10.1. The van der Waals surface area contributed by atoms with E-state index in [0.717, 1.165) is 17.4 Å². The second kappa shape index (κ2) is 9.28. The quantitative estimate of drug-likeness (QED) is 0.494. The Morgan fingerprint density at radius 3 is 2.03 bits per heavy atom. The molecule has 1 amide bonds. The van der Waals surface area contributed by atoms with Gasteiger partial charge in [0.1, 0.15) is 0 Å². The van der Waals surface area contributed by atoms with Gasteiger partial charge in [-0.15, -0.1) is 0 Å². The van der Waals surface area contributed by atoms with Gasteiger partial charge in [0, 0.05) is 44.9 Å². The van der Waals surface area contributed by atoms with E-state index in [1.807, 2.05) is 24.3 Å². The Balaban J connectivity index is 1.35. The molecule has 0 N–H and O–H groups in total. The number of sulfone groups is 1. The number of hydrogen-bond acceptors (Lipinski definition) is 8. The molecule has 34 heavy (non-hydrogen) atoms. The number of hydrogen-bond donors (Lipinski definition) is 0. The Morgan fingerprint density at radius 1 is 0.912 bits per heavy atom. The maximum absolute atomic E-state index is 12.9. The average Bonchev–Trinajstić information content (AvgIpc) is 3.25. The van der Waals surface area contributed by atoms with Gasteiger partial charge in [-0.2, -0.15) is 9.29 Å². The van der Waals surface area contributed by atoms with Gasteiger partial charge in [0.2, 0.25) is 27.6 Å². The van der Waals surface area contributed by atoms with Crippen LogP contribution in [0.15, 0.2) is 62.8 Å². The molecule has 12 heteroatoms. The summed E-state index contributed by atoms with van der Waals surface area (Å²) in [5.74, 6) is 0.873. The third-order valence-electron chi connectivity index (χ3n) is 5.58. The third-order valence-corrected chi connectivity index (χ3v) is 8.62. The maximum Gasteiger partial charge on any atom is 0.243 e. The molecular weight excluding hydrogens is 480 g/mol. The van der Waals surface area contributed by atoms with Gasteiger partial charge in [0.05, 0.1) is 16.2 Å². The molecule has 0 unspecified atom stereocenters. The van der Waals surface area contributed by atoms with Crippen LogP contribution in [0.1, 0.15) is 11.5 Å². The molecule has 1 aliphatic rings. The highest BCUT2D eigenvalue weighted by Gasteiger charge is 2.30. The van der Waals surface area contributed by atoms with Crippen molar-refractivity contribution in [3.8, 4) is 11.4 Å². The predicted octanol–water partition coefficient (Wildman–Crippen LogP) is 1.52. The van der Waals surface area contributed by atoms with Gasteiger partial charge in [0.25, 0.3) is 0 Å². The molecule has 2 aromatic carbocycles. The molecule has 0 saturated carbocycles. The number of nitrogens with zero attached hydrogens (tertiary/aromatic N) is 4.